The number of piperazine rings is 1. The summed E-state index contributed by atoms with van der Waals surface area (Å²) < 4.78 is 31.3. The first-order valence-electron chi connectivity index (χ1n) is 5.03. The lowest BCUT2D eigenvalue weighted by atomic mass is 10.3. The van der Waals surface area contributed by atoms with Crippen LogP contribution in [0.15, 0.2) is 0 Å². The highest BCUT2D eigenvalue weighted by molar-refractivity contribution is 7.85. The minimum absolute atomic E-state index is 0.0235. The van der Waals surface area contributed by atoms with E-state index in [2.05, 4.69) is 0 Å². The molecule has 1 aliphatic rings. The SMILES string of the molecule is O=C(CCl)N1CC[NH+](CCS(=O)(=O)[O-])CC1. The highest BCUT2D eigenvalue weighted by atomic mass is 35.5. The van der Waals surface area contributed by atoms with Crippen LogP contribution in [-0.4, -0.2) is 68.1 Å². The molecule has 94 valence electrons. The summed E-state index contributed by atoms with van der Waals surface area (Å²) >= 11 is 5.42. The van der Waals surface area contributed by atoms with Crippen LogP contribution in [0.2, 0.25) is 0 Å². The van der Waals surface area contributed by atoms with Gasteiger partial charge >= 0.3 is 0 Å². The van der Waals surface area contributed by atoms with Crippen molar-refractivity contribution in [2.75, 3.05) is 44.4 Å². The van der Waals surface area contributed by atoms with Crippen molar-refractivity contribution < 1.29 is 22.7 Å². The zero-order valence-electron chi connectivity index (χ0n) is 8.82. The predicted octanol–water partition coefficient (Wildman–Crippen LogP) is -2.50. The average molecular weight is 271 g/mol. The largest absolute Gasteiger partial charge is 0.748 e. The second-order valence-corrected chi connectivity index (χ2v) is 5.57. The van der Waals surface area contributed by atoms with E-state index in [0.29, 0.717) is 32.7 Å². The zero-order chi connectivity index (χ0) is 12.2. The van der Waals surface area contributed by atoms with Gasteiger partial charge in [-0.2, -0.15) is 0 Å². The maximum Gasteiger partial charge on any atom is 0.237 e. The quantitative estimate of drug-likeness (QED) is 0.452. The van der Waals surface area contributed by atoms with E-state index in [9.17, 15) is 17.8 Å². The average Bonchev–Trinajstić information content (AvgIpc) is 2.25. The van der Waals surface area contributed by atoms with E-state index in [-0.39, 0.29) is 17.5 Å². The van der Waals surface area contributed by atoms with Crippen LogP contribution in [0, 0.1) is 0 Å². The molecule has 0 aliphatic carbocycles. The number of hydrogen-bond donors (Lipinski definition) is 1. The van der Waals surface area contributed by atoms with Gasteiger partial charge in [0.1, 0.15) is 16.0 Å². The van der Waals surface area contributed by atoms with Crippen LogP contribution in [0.1, 0.15) is 0 Å². The predicted molar refractivity (Wildman–Crippen MR) is 57.4 cm³/mol. The smallest absolute Gasteiger partial charge is 0.237 e. The number of hydrogen-bond acceptors (Lipinski definition) is 4. The van der Waals surface area contributed by atoms with Gasteiger partial charge in [-0.25, -0.2) is 8.42 Å². The van der Waals surface area contributed by atoms with Gasteiger partial charge in [-0.15, -0.1) is 11.6 Å². The summed E-state index contributed by atoms with van der Waals surface area (Å²) in [5.41, 5.74) is 0. The van der Waals surface area contributed by atoms with Crippen LogP contribution < -0.4 is 4.90 Å². The van der Waals surface area contributed by atoms with Crippen LogP contribution in [0.4, 0.5) is 0 Å². The molecular formula is C8H15ClN2O4S. The Balaban J connectivity index is 2.30. The lowest BCUT2D eigenvalue weighted by molar-refractivity contribution is -0.901. The standard InChI is InChI=1S/C8H15ClN2O4S/c9-7-8(12)11-3-1-10(2-4-11)5-6-16(13,14)15/h1-7H2,(H,13,14,15). The van der Waals surface area contributed by atoms with Gasteiger partial charge in [-0.1, -0.05) is 0 Å². The molecule has 0 bridgehead atoms. The second-order valence-electron chi connectivity index (χ2n) is 3.78. The number of rotatable bonds is 4. The summed E-state index contributed by atoms with van der Waals surface area (Å²) in [6.07, 6.45) is 0. The van der Waals surface area contributed by atoms with E-state index in [4.69, 9.17) is 11.6 Å². The van der Waals surface area contributed by atoms with Crippen LogP contribution in [0.5, 0.6) is 0 Å². The van der Waals surface area contributed by atoms with Gasteiger partial charge in [0.15, 0.2) is 0 Å². The van der Waals surface area contributed by atoms with Crippen molar-refractivity contribution in [3.63, 3.8) is 0 Å². The Hall–Kier alpha value is -0.370. The normalized spacial score (nSPS) is 18.8. The molecule has 1 N–H and O–H groups in total. The van der Waals surface area contributed by atoms with Crippen molar-refractivity contribution in [2.24, 2.45) is 0 Å². The Morgan fingerprint density at radius 1 is 1.38 bits per heavy atom. The van der Waals surface area contributed by atoms with Gasteiger partial charge < -0.3 is 14.4 Å². The van der Waals surface area contributed by atoms with E-state index < -0.39 is 10.1 Å². The second kappa shape index (κ2) is 5.81. The lowest BCUT2D eigenvalue weighted by Crippen LogP contribution is -3.15. The van der Waals surface area contributed by atoms with Crippen molar-refractivity contribution in [1.82, 2.24) is 4.90 Å². The molecule has 0 aromatic carbocycles. The minimum Gasteiger partial charge on any atom is -0.748 e. The van der Waals surface area contributed by atoms with Crippen LogP contribution in [0.25, 0.3) is 0 Å². The zero-order valence-corrected chi connectivity index (χ0v) is 10.4. The first-order chi connectivity index (χ1) is 7.42. The van der Waals surface area contributed by atoms with Crippen molar-refractivity contribution in [1.29, 1.82) is 0 Å². The molecular weight excluding hydrogens is 256 g/mol. The third kappa shape index (κ3) is 4.65. The molecule has 1 fully saturated rings. The maximum absolute atomic E-state index is 11.2. The molecule has 0 unspecified atom stereocenters. The molecule has 1 aliphatic heterocycles. The molecule has 0 atom stereocenters. The third-order valence-electron chi connectivity index (χ3n) is 2.64. The van der Waals surface area contributed by atoms with Crippen molar-refractivity contribution in [3.05, 3.63) is 0 Å². The summed E-state index contributed by atoms with van der Waals surface area (Å²) in [5, 5.41) is 0. The molecule has 8 heteroatoms. The number of halogens is 1. The molecule has 1 rings (SSSR count). The van der Waals surface area contributed by atoms with Crippen LogP contribution >= 0.6 is 11.6 Å². The molecule has 1 saturated heterocycles. The van der Waals surface area contributed by atoms with E-state index in [1.807, 2.05) is 0 Å². The van der Waals surface area contributed by atoms with Crippen molar-refractivity contribution in [3.8, 4) is 0 Å². The summed E-state index contributed by atoms with van der Waals surface area (Å²) in [6.45, 7) is 2.78. The van der Waals surface area contributed by atoms with E-state index in [1.165, 1.54) is 0 Å². The Labute approximate surface area is 99.9 Å². The topological polar surface area (TPSA) is 82.0 Å². The fourth-order valence-corrected chi connectivity index (χ4v) is 2.38. The first-order valence-corrected chi connectivity index (χ1v) is 7.14. The number of amides is 1. The number of nitrogens with zero attached hydrogens (tertiary/aromatic N) is 1. The molecule has 0 aromatic rings. The van der Waals surface area contributed by atoms with Gasteiger partial charge in [-0.3, -0.25) is 4.79 Å². The summed E-state index contributed by atoms with van der Waals surface area (Å²) in [5.74, 6) is -0.465. The monoisotopic (exact) mass is 270 g/mol. The maximum atomic E-state index is 11.2. The molecule has 0 aromatic heterocycles. The highest BCUT2D eigenvalue weighted by Crippen LogP contribution is 1.92. The summed E-state index contributed by atoms with van der Waals surface area (Å²) in [7, 11) is -4.13. The van der Waals surface area contributed by atoms with E-state index >= 15 is 0 Å². The Kier molecular flexibility index (Phi) is 4.97. The highest BCUT2D eigenvalue weighted by Gasteiger charge is 2.22. The molecule has 6 nitrogen and oxygen atoms in total. The van der Waals surface area contributed by atoms with Crippen molar-refractivity contribution in [2.45, 2.75) is 0 Å². The third-order valence-corrected chi connectivity index (χ3v) is 3.58. The minimum atomic E-state index is -4.13. The number of quaternary nitrogens is 1. The molecule has 0 spiro atoms. The van der Waals surface area contributed by atoms with E-state index in [1.54, 1.807) is 4.90 Å². The Morgan fingerprint density at radius 2 is 1.94 bits per heavy atom. The van der Waals surface area contributed by atoms with Crippen molar-refractivity contribution >= 4 is 27.6 Å². The molecule has 1 heterocycles. The first kappa shape index (κ1) is 13.7. The lowest BCUT2D eigenvalue weighted by Gasteiger charge is -2.32. The van der Waals surface area contributed by atoms with Gasteiger partial charge in [0.25, 0.3) is 0 Å². The fourth-order valence-electron chi connectivity index (χ4n) is 1.68. The van der Waals surface area contributed by atoms with E-state index in [0.717, 1.165) is 4.90 Å². The molecule has 0 radical (unpaired) electrons. The molecule has 16 heavy (non-hydrogen) atoms. The fraction of sp³-hybridized carbons (Fsp3) is 0.875. The Bertz CT molecular complexity index is 338. The molecule has 1 amide bonds. The van der Waals surface area contributed by atoms with Gasteiger partial charge in [0.2, 0.25) is 5.91 Å². The number of nitrogens with one attached hydrogen (secondary N) is 1. The Morgan fingerprint density at radius 3 is 2.38 bits per heavy atom. The number of alkyl halides is 1. The van der Waals surface area contributed by atoms with Gasteiger partial charge in [0, 0.05) is 0 Å². The summed E-state index contributed by atoms with van der Waals surface area (Å²) in [6, 6.07) is 0. The van der Waals surface area contributed by atoms with Gasteiger partial charge in [-0.05, 0) is 0 Å². The number of carbonyl (C=O) groups is 1. The van der Waals surface area contributed by atoms with Crippen LogP contribution in [-0.2, 0) is 14.9 Å². The van der Waals surface area contributed by atoms with Gasteiger partial charge in [0.05, 0.1) is 38.5 Å². The molecule has 0 saturated carbocycles. The summed E-state index contributed by atoms with van der Waals surface area (Å²) in [4.78, 5) is 13.9. The number of carbonyl (C=O) groups excluding carboxylic acids is 1. The van der Waals surface area contributed by atoms with Crippen LogP contribution in [0.3, 0.4) is 0 Å².